The summed E-state index contributed by atoms with van der Waals surface area (Å²) in [5.74, 6) is -1.45. The summed E-state index contributed by atoms with van der Waals surface area (Å²) < 4.78 is 10.4. The van der Waals surface area contributed by atoms with E-state index in [1.54, 1.807) is 55.5 Å². The van der Waals surface area contributed by atoms with E-state index in [1.165, 1.54) is 6.92 Å². The van der Waals surface area contributed by atoms with Gasteiger partial charge >= 0.3 is 5.97 Å². The number of hydrogen-bond donors (Lipinski definition) is 2. The van der Waals surface area contributed by atoms with Crippen LogP contribution in [0, 0.1) is 11.3 Å². The molecule has 0 fully saturated rings. The standard InChI is InChI=1S/C21H21N3O5/c1-3-28-18-11-7-5-9-16(18)21(27)23-13-19(25)29-14(2)20(26)24-17-10-6-4-8-15(17)12-22/h4-11,14H,3,13H2,1-2H3,(H,23,27)(H,24,26)/t14-/m1/s1. The summed E-state index contributed by atoms with van der Waals surface area (Å²) in [5, 5.41) is 14.0. The summed E-state index contributed by atoms with van der Waals surface area (Å²) in [6, 6.07) is 15.1. The van der Waals surface area contributed by atoms with E-state index < -0.39 is 30.4 Å². The Balaban J connectivity index is 1.88. The zero-order valence-electron chi connectivity index (χ0n) is 16.1. The molecule has 8 nitrogen and oxygen atoms in total. The molecule has 2 amide bonds. The number of anilines is 1. The summed E-state index contributed by atoms with van der Waals surface area (Å²) in [6.07, 6.45) is -1.11. The number of para-hydroxylation sites is 2. The number of carbonyl (C=O) groups excluding carboxylic acids is 3. The molecular formula is C21H21N3O5. The van der Waals surface area contributed by atoms with Gasteiger partial charge in [0.2, 0.25) is 0 Å². The van der Waals surface area contributed by atoms with Gasteiger partial charge in [-0.25, -0.2) is 0 Å². The first-order chi connectivity index (χ1) is 14.0. The maximum atomic E-state index is 12.3. The van der Waals surface area contributed by atoms with Crippen LogP contribution < -0.4 is 15.4 Å². The monoisotopic (exact) mass is 395 g/mol. The second-order valence-electron chi connectivity index (χ2n) is 5.89. The third-order valence-electron chi connectivity index (χ3n) is 3.81. The van der Waals surface area contributed by atoms with E-state index in [2.05, 4.69) is 10.6 Å². The zero-order chi connectivity index (χ0) is 21.2. The van der Waals surface area contributed by atoms with Crippen LogP contribution in [0.2, 0.25) is 0 Å². The number of rotatable bonds is 8. The number of ether oxygens (including phenoxy) is 2. The van der Waals surface area contributed by atoms with E-state index in [4.69, 9.17) is 14.7 Å². The van der Waals surface area contributed by atoms with Crippen molar-refractivity contribution in [1.82, 2.24) is 5.32 Å². The first-order valence-electron chi connectivity index (χ1n) is 8.95. The van der Waals surface area contributed by atoms with Gasteiger partial charge in [0.05, 0.1) is 23.4 Å². The third kappa shape index (κ3) is 6.07. The summed E-state index contributed by atoms with van der Waals surface area (Å²) in [5.41, 5.74) is 0.907. The van der Waals surface area contributed by atoms with Gasteiger partial charge in [-0.05, 0) is 38.1 Å². The molecule has 2 N–H and O–H groups in total. The average molecular weight is 395 g/mol. The smallest absolute Gasteiger partial charge is 0.326 e. The molecule has 0 unspecified atom stereocenters. The highest BCUT2D eigenvalue weighted by molar-refractivity contribution is 5.99. The molecule has 2 aromatic carbocycles. The molecule has 0 aliphatic heterocycles. The van der Waals surface area contributed by atoms with Gasteiger partial charge in [-0.15, -0.1) is 0 Å². The molecule has 0 saturated carbocycles. The van der Waals surface area contributed by atoms with Crippen molar-refractivity contribution in [3.8, 4) is 11.8 Å². The number of benzene rings is 2. The van der Waals surface area contributed by atoms with Crippen LogP contribution in [0.5, 0.6) is 5.75 Å². The predicted molar refractivity (Wildman–Crippen MR) is 105 cm³/mol. The van der Waals surface area contributed by atoms with Crippen LogP contribution in [0.4, 0.5) is 5.69 Å². The molecule has 0 aliphatic carbocycles. The fourth-order valence-corrected chi connectivity index (χ4v) is 2.40. The summed E-state index contributed by atoms with van der Waals surface area (Å²) >= 11 is 0. The van der Waals surface area contributed by atoms with Crippen molar-refractivity contribution in [3.05, 3.63) is 59.7 Å². The van der Waals surface area contributed by atoms with E-state index in [1.807, 2.05) is 6.07 Å². The third-order valence-corrected chi connectivity index (χ3v) is 3.81. The number of nitrogens with one attached hydrogen (secondary N) is 2. The SMILES string of the molecule is CCOc1ccccc1C(=O)NCC(=O)O[C@H](C)C(=O)Nc1ccccc1C#N. The minimum Gasteiger partial charge on any atom is -0.493 e. The number of nitrogens with zero attached hydrogens (tertiary/aromatic N) is 1. The second kappa shape index (κ2) is 10.5. The highest BCUT2D eigenvalue weighted by Crippen LogP contribution is 2.17. The van der Waals surface area contributed by atoms with Gasteiger partial charge in [0, 0.05) is 0 Å². The topological polar surface area (TPSA) is 118 Å². The van der Waals surface area contributed by atoms with Crippen molar-refractivity contribution in [2.24, 2.45) is 0 Å². The largest absolute Gasteiger partial charge is 0.493 e. The van der Waals surface area contributed by atoms with Crippen LogP contribution in [-0.4, -0.2) is 37.0 Å². The Morgan fingerprint density at radius 1 is 1.10 bits per heavy atom. The maximum Gasteiger partial charge on any atom is 0.326 e. The molecule has 1 atom stereocenters. The minimum atomic E-state index is -1.11. The van der Waals surface area contributed by atoms with Gasteiger partial charge < -0.3 is 20.1 Å². The molecule has 8 heteroatoms. The lowest BCUT2D eigenvalue weighted by Crippen LogP contribution is -2.36. The molecule has 0 spiro atoms. The normalized spacial score (nSPS) is 10.9. The summed E-state index contributed by atoms with van der Waals surface area (Å²) in [6.45, 7) is 3.18. The Morgan fingerprint density at radius 3 is 2.52 bits per heavy atom. The average Bonchev–Trinajstić information content (AvgIpc) is 2.73. The van der Waals surface area contributed by atoms with Crippen LogP contribution in [0.25, 0.3) is 0 Å². The number of amides is 2. The fraction of sp³-hybridized carbons (Fsp3) is 0.238. The van der Waals surface area contributed by atoms with Crippen LogP contribution in [0.15, 0.2) is 48.5 Å². The van der Waals surface area contributed by atoms with Crippen molar-refractivity contribution >= 4 is 23.5 Å². The van der Waals surface area contributed by atoms with E-state index in [9.17, 15) is 14.4 Å². The maximum absolute atomic E-state index is 12.3. The lowest BCUT2D eigenvalue weighted by molar-refractivity contribution is -0.152. The molecule has 150 valence electrons. The lowest BCUT2D eigenvalue weighted by atomic mass is 10.2. The molecule has 0 aromatic heterocycles. The predicted octanol–water partition coefficient (Wildman–Crippen LogP) is 2.26. The Kier molecular flexibility index (Phi) is 7.74. The van der Waals surface area contributed by atoms with Crippen LogP contribution in [0.3, 0.4) is 0 Å². The van der Waals surface area contributed by atoms with Gasteiger partial charge in [0.1, 0.15) is 18.4 Å². The first-order valence-corrected chi connectivity index (χ1v) is 8.95. The van der Waals surface area contributed by atoms with Gasteiger partial charge in [-0.2, -0.15) is 5.26 Å². The molecular weight excluding hydrogens is 374 g/mol. The number of carbonyl (C=O) groups is 3. The molecule has 0 heterocycles. The van der Waals surface area contributed by atoms with Crippen molar-refractivity contribution in [2.75, 3.05) is 18.5 Å². The van der Waals surface area contributed by atoms with Gasteiger partial charge in [0.15, 0.2) is 6.10 Å². The van der Waals surface area contributed by atoms with Gasteiger partial charge in [-0.3, -0.25) is 14.4 Å². The molecule has 2 rings (SSSR count). The highest BCUT2D eigenvalue weighted by atomic mass is 16.5. The van der Waals surface area contributed by atoms with Crippen molar-refractivity contribution in [2.45, 2.75) is 20.0 Å². The summed E-state index contributed by atoms with van der Waals surface area (Å²) in [4.78, 5) is 36.4. The number of esters is 1. The van der Waals surface area contributed by atoms with E-state index in [0.29, 0.717) is 29.2 Å². The molecule has 0 saturated heterocycles. The molecule has 2 aromatic rings. The fourth-order valence-electron chi connectivity index (χ4n) is 2.40. The van der Waals surface area contributed by atoms with Crippen molar-refractivity contribution in [3.63, 3.8) is 0 Å². The van der Waals surface area contributed by atoms with E-state index in [-0.39, 0.29) is 0 Å². The molecule has 29 heavy (non-hydrogen) atoms. The Hall–Kier alpha value is -3.86. The molecule has 0 aliphatic rings. The highest BCUT2D eigenvalue weighted by Gasteiger charge is 2.20. The first kappa shape index (κ1) is 21.4. The van der Waals surface area contributed by atoms with Crippen molar-refractivity contribution in [1.29, 1.82) is 5.26 Å². The Bertz CT molecular complexity index is 936. The van der Waals surface area contributed by atoms with Gasteiger partial charge in [-0.1, -0.05) is 24.3 Å². The van der Waals surface area contributed by atoms with E-state index >= 15 is 0 Å². The van der Waals surface area contributed by atoms with Crippen LogP contribution >= 0.6 is 0 Å². The van der Waals surface area contributed by atoms with Gasteiger partial charge in [0.25, 0.3) is 11.8 Å². The van der Waals surface area contributed by atoms with E-state index in [0.717, 1.165) is 0 Å². The quantitative estimate of drug-likeness (QED) is 0.662. The number of nitriles is 1. The molecule has 0 bridgehead atoms. The zero-order valence-corrected chi connectivity index (χ0v) is 16.1. The number of hydrogen-bond acceptors (Lipinski definition) is 6. The van der Waals surface area contributed by atoms with Crippen LogP contribution in [-0.2, 0) is 14.3 Å². The molecule has 0 radical (unpaired) electrons. The Labute approximate surface area is 168 Å². The summed E-state index contributed by atoms with van der Waals surface area (Å²) in [7, 11) is 0. The second-order valence-corrected chi connectivity index (χ2v) is 5.89. The van der Waals surface area contributed by atoms with Crippen molar-refractivity contribution < 1.29 is 23.9 Å². The van der Waals surface area contributed by atoms with Crippen LogP contribution in [0.1, 0.15) is 29.8 Å². The minimum absolute atomic E-state index is 0.291. The lowest BCUT2D eigenvalue weighted by Gasteiger charge is -2.15. The Morgan fingerprint density at radius 2 is 1.79 bits per heavy atom.